The normalized spacial score (nSPS) is 14.5. The molecule has 19 heteroatoms. The minimum Gasteiger partial charge on any atom is -0.462 e. The van der Waals surface area contributed by atoms with Gasteiger partial charge in [-0.25, -0.2) is 9.13 Å². The van der Waals surface area contributed by atoms with Gasteiger partial charge in [-0.05, 0) is 43.4 Å². The third-order valence-electron chi connectivity index (χ3n) is 16.5. The molecule has 0 rings (SSSR count). The molecule has 0 aromatic heterocycles. The van der Waals surface area contributed by atoms with E-state index >= 15 is 0 Å². The highest BCUT2D eigenvalue weighted by atomic mass is 31.2. The number of phosphoric ester groups is 2. The van der Waals surface area contributed by atoms with Crippen molar-refractivity contribution >= 4 is 39.5 Å². The van der Waals surface area contributed by atoms with E-state index in [-0.39, 0.29) is 25.7 Å². The van der Waals surface area contributed by atoms with E-state index in [1.807, 2.05) is 0 Å². The van der Waals surface area contributed by atoms with Crippen LogP contribution in [0.2, 0.25) is 0 Å². The fourth-order valence-corrected chi connectivity index (χ4v) is 12.1. The highest BCUT2D eigenvalue weighted by Gasteiger charge is 2.30. The van der Waals surface area contributed by atoms with Crippen molar-refractivity contribution in [1.29, 1.82) is 0 Å². The van der Waals surface area contributed by atoms with Crippen LogP contribution >= 0.6 is 15.6 Å². The summed E-state index contributed by atoms with van der Waals surface area (Å²) >= 11 is 0. The van der Waals surface area contributed by atoms with Crippen LogP contribution in [0, 0.1) is 17.8 Å². The summed E-state index contributed by atoms with van der Waals surface area (Å²) in [7, 11) is -9.90. The lowest BCUT2D eigenvalue weighted by Crippen LogP contribution is -2.30. The molecule has 0 aliphatic heterocycles. The molecule has 0 radical (unpaired) electrons. The SMILES string of the molecule is CCCCCCCCCCCCCCCCCCCC(=O)O[C@H](COC(=O)CCCCCCCCCCCC(C)C)COP(=O)(O)OC[C@@H](O)COP(=O)(O)OC[C@@H](COC(=O)CCCCCCCCC(C)CC)OC(=O)CCCCCCCCCC(C)C. The molecule has 0 heterocycles. The predicted octanol–water partition coefficient (Wildman–Crippen LogP) is 19.8. The molecule has 89 heavy (non-hydrogen) atoms. The molecule has 0 aromatic carbocycles. The molecule has 0 saturated carbocycles. The maximum Gasteiger partial charge on any atom is 0.472 e. The number of rotatable bonds is 68. The largest absolute Gasteiger partial charge is 0.472 e. The summed E-state index contributed by atoms with van der Waals surface area (Å²) in [4.78, 5) is 72.5. The topological polar surface area (TPSA) is 237 Å². The van der Waals surface area contributed by atoms with E-state index in [0.717, 1.165) is 108 Å². The Labute approximate surface area is 543 Å². The number of aliphatic hydroxyl groups is 1. The van der Waals surface area contributed by atoms with Crippen molar-refractivity contribution in [3.8, 4) is 0 Å². The first-order valence-electron chi connectivity index (χ1n) is 36.4. The average molecular weight is 1310 g/mol. The second-order valence-corrected chi connectivity index (χ2v) is 29.4. The molecular formula is C70H136O17P2. The van der Waals surface area contributed by atoms with E-state index in [0.29, 0.717) is 31.6 Å². The Morgan fingerprint density at radius 3 is 0.854 bits per heavy atom. The third-order valence-corrected chi connectivity index (χ3v) is 18.4. The highest BCUT2D eigenvalue weighted by molar-refractivity contribution is 7.47. The molecule has 0 saturated heterocycles. The van der Waals surface area contributed by atoms with Crippen LogP contribution in [0.15, 0.2) is 0 Å². The van der Waals surface area contributed by atoms with Crippen LogP contribution in [0.5, 0.6) is 0 Å². The molecule has 3 N–H and O–H groups in total. The zero-order chi connectivity index (χ0) is 65.9. The van der Waals surface area contributed by atoms with Crippen LogP contribution in [0.1, 0.15) is 350 Å². The zero-order valence-electron chi connectivity index (χ0n) is 57.9. The quantitative estimate of drug-likeness (QED) is 0.0222. The molecule has 528 valence electrons. The smallest absolute Gasteiger partial charge is 0.462 e. The number of carbonyl (C=O) groups excluding carboxylic acids is 4. The first-order valence-corrected chi connectivity index (χ1v) is 39.4. The number of unbranched alkanes of at least 4 members (excludes halogenated alkanes) is 35. The van der Waals surface area contributed by atoms with Crippen molar-refractivity contribution in [2.75, 3.05) is 39.6 Å². The Morgan fingerprint density at radius 2 is 0.573 bits per heavy atom. The van der Waals surface area contributed by atoms with Crippen molar-refractivity contribution in [2.24, 2.45) is 17.8 Å². The monoisotopic (exact) mass is 1310 g/mol. The second-order valence-electron chi connectivity index (χ2n) is 26.5. The molecular weight excluding hydrogens is 1170 g/mol. The molecule has 0 aliphatic carbocycles. The molecule has 0 aliphatic rings. The third kappa shape index (κ3) is 63.2. The summed E-state index contributed by atoms with van der Waals surface area (Å²) in [5, 5.41) is 10.6. The van der Waals surface area contributed by atoms with Crippen molar-refractivity contribution < 1.29 is 80.2 Å². The van der Waals surface area contributed by atoms with Gasteiger partial charge in [0.2, 0.25) is 0 Å². The fraction of sp³-hybridized carbons (Fsp3) is 0.943. The summed E-state index contributed by atoms with van der Waals surface area (Å²) in [6, 6.07) is 0. The Balaban J connectivity index is 5.23. The van der Waals surface area contributed by atoms with Gasteiger partial charge in [-0.15, -0.1) is 0 Å². The first kappa shape index (κ1) is 87.1. The van der Waals surface area contributed by atoms with E-state index in [9.17, 15) is 43.2 Å². The van der Waals surface area contributed by atoms with E-state index in [1.54, 1.807) is 0 Å². The van der Waals surface area contributed by atoms with E-state index in [4.69, 9.17) is 37.0 Å². The van der Waals surface area contributed by atoms with Gasteiger partial charge in [0.05, 0.1) is 26.4 Å². The summed E-state index contributed by atoms with van der Waals surface area (Å²) in [5.74, 6) is 0.0407. The van der Waals surface area contributed by atoms with Crippen LogP contribution in [0.3, 0.4) is 0 Å². The Bertz CT molecular complexity index is 1750. The Morgan fingerprint density at radius 1 is 0.326 bits per heavy atom. The lowest BCUT2D eigenvalue weighted by molar-refractivity contribution is -0.161. The maximum absolute atomic E-state index is 13.0. The standard InChI is InChI=1S/C70H136O17P2/c1-8-10-11-12-13-14-15-16-17-18-19-20-21-24-30-39-46-53-69(74)86-65(57-80-67(72)51-44-37-29-25-22-23-27-34-41-48-61(3)4)59-84-88(76,77)82-55-64(71)56-83-89(78,79)85-60-66(87-70(75)54-47-40-31-26-28-35-42-49-62(5)6)58-81-68(73)52-45-38-33-32-36-43-50-63(7)9-2/h61-66,71H,8-60H2,1-7H3,(H,76,77)(H,78,79)/t63?,64-,65-,66-/m1/s1. The van der Waals surface area contributed by atoms with Gasteiger partial charge in [-0.2, -0.15) is 0 Å². The van der Waals surface area contributed by atoms with Gasteiger partial charge in [0.15, 0.2) is 12.2 Å². The van der Waals surface area contributed by atoms with Gasteiger partial charge < -0.3 is 33.8 Å². The van der Waals surface area contributed by atoms with Crippen LogP contribution < -0.4 is 0 Å². The van der Waals surface area contributed by atoms with Crippen molar-refractivity contribution in [1.82, 2.24) is 0 Å². The fourth-order valence-electron chi connectivity index (χ4n) is 10.5. The van der Waals surface area contributed by atoms with Gasteiger partial charge in [0.25, 0.3) is 0 Å². The van der Waals surface area contributed by atoms with Crippen molar-refractivity contribution in [3.05, 3.63) is 0 Å². The zero-order valence-corrected chi connectivity index (χ0v) is 59.7. The van der Waals surface area contributed by atoms with Crippen LogP contribution in [-0.2, 0) is 65.4 Å². The van der Waals surface area contributed by atoms with Gasteiger partial charge >= 0.3 is 39.5 Å². The molecule has 0 spiro atoms. The van der Waals surface area contributed by atoms with Crippen molar-refractivity contribution in [2.45, 2.75) is 369 Å². The number of carbonyl (C=O) groups is 4. The molecule has 0 fully saturated rings. The molecule has 0 amide bonds. The minimum absolute atomic E-state index is 0.102. The van der Waals surface area contributed by atoms with Crippen LogP contribution in [0.25, 0.3) is 0 Å². The number of phosphoric acid groups is 2. The summed E-state index contributed by atoms with van der Waals surface area (Å²) in [6.45, 7) is 11.7. The number of hydrogen-bond acceptors (Lipinski definition) is 15. The summed E-state index contributed by atoms with van der Waals surface area (Å²) in [5.41, 5.74) is 0. The lowest BCUT2D eigenvalue weighted by Gasteiger charge is -2.21. The number of esters is 4. The Kier molecular flexibility index (Phi) is 59.6. The predicted molar refractivity (Wildman–Crippen MR) is 358 cm³/mol. The summed E-state index contributed by atoms with van der Waals surface area (Å²) in [6.07, 6.45) is 44.6. The molecule has 0 aromatic rings. The number of ether oxygens (including phenoxy) is 4. The lowest BCUT2D eigenvalue weighted by atomic mass is 10.00. The van der Waals surface area contributed by atoms with Gasteiger partial charge in [-0.1, -0.05) is 299 Å². The van der Waals surface area contributed by atoms with Gasteiger partial charge in [0.1, 0.15) is 19.3 Å². The van der Waals surface area contributed by atoms with E-state index < -0.39 is 97.5 Å². The highest BCUT2D eigenvalue weighted by Crippen LogP contribution is 2.45. The van der Waals surface area contributed by atoms with E-state index in [2.05, 4.69) is 48.5 Å². The first-order chi connectivity index (χ1) is 42.8. The molecule has 0 bridgehead atoms. The van der Waals surface area contributed by atoms with Gasteiger partial charge in [-0.3, -0.25) is 37.3 Å². The van der Waals surface area contributed by atoms with E-state index in [1.165, 1.54) is 154 Å². The van der Waals surface area contributed by atoms with Crippen LogP contribution in [0.4, 0.5) is 0 Å². The molecule has 17 nitrogen and oxygen atoms in total. The Hall–Kier alpha value is -1.94. The number of hydrogen-bond donors (Lipinski definition) is 3. The number of aliphatic hydroxyl groups excluding tert-OH is 1. The van der Waals surface area contributed by atoms with Crippen LogP contribution in [-0.4, -0.2) is 96.7 Å². The maximum atomic E-state index is 13.0. The average Bonchev–Trinajstić information content (AvgIpc) is 3.71. The summed E-state index contributed by atoms with van der Waals surface area (Å²) < 4.78 is 68.2. The van der Waals surface area contributed by atoms with Gasteiger partial charge in [0, 0.05) is 25.7 Å². The van der Waals surface area contributed by atoms with Crippen molar-refractivity contribution in [3.63, 3.8) is 0 Å². The molecule has 3 unspecified atom stereocenters. The second kappa shape index (κ2) is 61.0. The minimum atomic E-state index is -4.95. The molecule has 6 atom stereocenters.